The van der Waals surface area contributed by atoms with E-state index in [1.54, 1.807) is 28.8 Å². The first kappa shape index (κ1) is 36.8. The highest BCUT2D eigenvalue weighted by molar-refractivity contribution is 8.55. The van der Waals surface area contributed by atoms with Crippen molar-refractivity contribution in [3.8, 4) is 0 Å². The standard InChI is InChI=1S/C30H37N8O11PS/c1-45-24-23(19(14-39)46-28(24)37-11-9-20(41)36-30(37)43)48-50(44,51-12-6-5-10-32-27(42)17-7-3-2-4-8-17)49-29-18(40)13-21(47-29)38-16-35-22-25(31)33-15-34-26(22)38/h2-4,7-9,11,15-16,18-19,21,23-24,28-29,39-40H,5-6,10,12-14H2,1H3,(H,32,42)(H2,31,33,34)(H,36,41,43)/t18-,19-,21-,23+,24?,28-,29-,50?/m1/s1. The average molecular weight is 749 g/mol. The molecule has 274 valence electrons. The number of nitrogens with two attached hydrogens (primary N) is 1. The number of rotatable bonds is 15. The van der Waals surface area contributed by atoms with Gasteiger partial charge < -0.3 is 35.5 Å². The lowest BCUT2D eigenvalue weighted by molar-refractivity contribution is -0.131. The summed E-state index contributed by atoms with van der Waals surface area (Å²) in [5.41, 5.74) is 5.71. The highest BCUT2D eigenvalue weighted by atomic mass is 32.7. The summed E-state index contributed by atoms with van der Waals surface area (Å²) in [5, 5.41) is 24.1. The lowest BCUT2D eigenvalue weighted by Crippen LogP contribution is -2.40. The number of carbonyl (C=O) groups is 1. The van der Waals surface area contributed by atoms with Gasteiger partial charge in [-0.25, -0.2) is 24.3 Å². The first-order valence-corrected chi connectivity index (χ1v) is 19.1. The third-order valence-corrected chi connectivity index (χ3v) is 12.0. The van der Waals surface area contributed by atoms with Crippen molar-refractivity contribution in [3.05, 3.63) is 81.7 Å². The van der Waals surface area contributed by atoms with Crippen LogP contribution in [0.2, 0.25) is 0 Å². The number of unbranched alkanes of at least 4 members (excludes halogenated alkanes) is 1. The molecular formula is C30H37N8O11PS. The molecule has 3 aromatic heterocycles. The minimum absolute atomic E-state index is 0.00944. The fraction of sp³-hybridized carbons (Fsp3) is 0.467. The molecule has 4 aromatic rings. The molecule has 2 fully saturated rings. The second-order valence-electron chi connectivity index (χ2n) is 11.6. The van der Waals surface area contributed by atoms with E-state index in [4.69, 9.17) is 29.0 Å². The van der Waals surface area contributed by atoms with Crippen molar-refractivity contribution in [2.75, 3.05) is 31.7 Å². The molecule has 6 N–H and O–H groups in total. The van der Waals surface area contributed by atoms with E-state index in [0.29, 0.717) is 36.1 Å². The van der Waals surface area contributed by atoms with Gasteiger partial charge in [0.1, 0.15) is 42.5 Å². The molecule has 1 amide bonds. The van der Waals surface area contributed by atoms with E-state index in [1.807, 2.05) is 6.07 Å². The third-order valence-electron chi connectivity index (χ3n) is 8.23. The Morgan fingerprint density at radius 2 is 1.92 bits per heavy atom. The second-order valence-corrected chi connectivity index (χ2v) is 15.7. The van der Waals surface area contributed by atoms with Gasteiger partial charge >= 0.3 is 12.5 Å². The Kier molecular flexibility index (Phi) is 11.6. The maximum Gasteiger partial charge on any atom is 0.391 e. The number of nitrogens with one attached hydrogen (secondary N) is 2. The van der Waals surface area contributed by atoms with Crippen LogP contribution >= 0.6 is 18.2 Å². The number of methoxy groups -OCH3 is 1. The van der Waals surface area contributed by atoms with Gasteiger partial charge in [-0.05, 0) is 36.4 Å². The Labute approximate surface area is 293 Å². The Bertz CT molecular complexity index is 1980. The summed E-state index contributed by atoms with van der Waals surface area (Å²) in [6.07, 6.45) is -3.32. The lowest BCUT2D eigenvalue weighted by atomic mass is 10.1. The molecule has 5 heterocycles. The van der Waals surface area contributed by atoms with E-state index in [0.717, 1.165) is 22.0 Å². The topological polar surface area (TPSA) is 257 Å². The monoisotopic (exact) mass is 748 g/mol. The van der Waals surface area contributed by atoms with Gasteiger partial charge in [-0.15, -0.1) is 0 Å². The molecule has 2 aliphatic rings. The predicted octanol–water partition coefficient (Wildman–Crippen LogP) is 0.923. The molecule has 0 aliphatic carbocycles. The second kappa shape index (κ2) is 16.1. The quantitative estimate of drug-likeness (QED) is 0.0837. The van der Waals surface area contributed by atoms with Crippen LogP contribution in [0.15, 0.2) is 64.8 Å². The van der Waals surface area contributed by atoms with Crippen molar-refractivity contribution in [1.82, 2.24) is 34.4 Å². The largest absolute Gasteiger partial charge is 0.394 e. The van der Waals surface area contributed by atoms with Crippen LogP contribution in [0, 0.1) is 0 Å². The number of benzene rings is 1. The fourth-order valence-electron chi connectivity index (χ4n) is 5.72. The number of aliphatic hydroxyl groups is 2. The van der Waals surface area contributed by atoms with Gasteiger partial charge in [0.15, 0.2) is 24.0 Å². The first-order chi connectivity index (χ1) is 24.6. The number of fused-ring (bicyclic) bond motifs is 1. The summed E-state index contributed by atoms with van der Waals surface area (Å²) < 4.78 is 46.8. The van der Waals surface area contributed by atoms with Crippen molar-refractivity contribution in [1.29, 1.82) is 0 Å². The number of aromatic nitrogens is 6. The SMILES string of the molecule is COC1[C@@H](OP(=O)(O[C@H]2O[C@@H](n3cnc4c(N)ncnc43)C[C@H]2O)SCCCCNC(=O)c2ccccc2)[C@@H](CO)O[C@H]1n1ccc(=O)[nH]c1=O. The summed E-state index contributed by atoms with van der Waals surface area (Å²) in [5.74, 6) is 0.164. The Hall–Kier alpha value is -3.98. The van der Waals surface area contributed by atoms with Gasteiger partial charge in [0.05, 0.1) is 12.9 Å². The van der Waals surface area contributed by atoms with E-state index in [9.17, 15) is 29.2 Å². The molecule has 1 aromatic carbocycles. The molecule has 2 aliphatic heterocycles. The molecule has 2 unspecified atom stereocenters. The number of hydrogen-bond donors (Lipinski definition) is 5. The van der Waals surface area contributed by atoms with Crippen LogP contribution in [-0.2, 0) is 27.8 Å². The minimum atomic E-state index is -4.31. The van der Waals surface area contributed by atoms with Crippen LogP contribution in [0.5, 0.6) is 0 Å². The molecule has 51 heavy (non-hydrogen) atoms. The normalized spacial score (nSPS) is 26.0. The first-order valence-electron chi connectivity index (χ1n) is 15.9. The van der Waals surface area contributed by atoms with E-state index >= 15 is 0 Å². The number of carbonyl (C=O) groups excluding carboxylic acids is 1. The number of imidazole rings is 1. The zero-order chi connectivity index (χ0) is 36.1. The van der Waals surface area contributed by atoms with Gasteiger partial charge in [0.2, 0.25) is 0 Å². The van der Waals surface area contributed by atoms with E-state index in [-0.39, 0.29) is 23.9 Å². The third kappa shape index (κ3) is 8.24. The van der Waals surface area contributed by atoms with Crippen LogP contribution in [0.25, 0.3) is 11.2 Å². The van der Waals surface area contributed by atoms with Crippen molar-refractivity contribution >= 4 is 41.1 Å². The zero-order valence-electron chi connectivity index (χ0n) is 27.2. The van der Waals surface area contributed by atoms with Gasteiger partial charge in [0, 0.05) is 43.7 Å². The zero-order valence-corrected chi connectivity index (χ0v) is 28.9. The molecule has 0 saturated carbocycles. The molecule has 21 heteroatoms. The van der Waals surface area contributed by atoms with Gasteiger partial charge in [0.25, 0.3) is 11.5 Å². The van der Waals surface area contributed by atoms with Crippen molar-refractivity contribution in [2.24, 2.45) is 0 Å². The molecule has 2 saturated heterocycles. The smallest absolute Gasteiger partial charge is 0.391 e. The highest BCUT2D eigenvalue weighted by Crippen LogP contribution is 2.64. The van der Waals surface area contributed by atoms with Crippen LogP contribution < -0.4 is 22.3 Å². The Morgan fingerprint density at radius 3 is 2.67 bits per heavy atom. The van der Waals surface area contributed by atoms with Crippen LogP contribution in [0.3, 0.4) is 0 Å². The number of nitrogen functional groups attached to an aromatic ring is 1. The summed E-state index contributed by atoms with van der Waals surface area (Å²) >= 11 is 0.827. The summed E-state index contributed by atoms with van der Waals surface area (Å²) in [6, 6.07) is 9.88. The number of aliphatic hydroxyl groups excluding tert-OH is 2. The molecule has 8 atom stereocenters. The number of H-pyrrole nitrogens is 1. The summed E-state index contributed by atoms with van der Waals surface area (Å²) in [6.45, 7) is -4.58. The van der Waals surface area contributed by atoms with E-state index in [1.165, 1.54) is 26.0 Å². The molecule has 0 bridgehead atoms. The maximum absolute atomic E-state index is 14.6. The lowest BCUT2D eigenvalue weighted by Gasteiger charge is -2.29. The number of nitrogens with zero attached hydrogens (tertiary/aromatic N) is 5. The number of amides is 1. The van der Waals surface area contributed by atoms with Crippen LogP contribution in [-0.4, -0.2) is 102 Å². The van der Waals surface area contributed by atoms with Gasteiger partial charge in [-0.1, -0.05) is 18.2 Å². The van der Waals surface area contributed by atoms with Crippen molar-refractivity contribution in [2.45, 2.75) is 62.4 Å². The van der Waals surface area contributed by atoms with E-state index in [2.05, 4.69) is 25.3 Å². The molecule has 0 radical (unpaired) electrons. The predicted molar refractivity (Wildman–Crippen MR) is 181 cm³/mol. The Balaban J connectivity index is 1.18. The number of anilines is 1. The number of hydrogen-bond acceptors (Lipinski definition) is 16. The Morgan fingerprint density at radius 1 is 1.12 bits per heavy atom. The molecule has 6 rings (SSSR count). The number of ether oxygens (including phenoxy) is 3. The number of aromatic amines is 1. The van der Waals surface area contributed by atoms with Crippen LogP contribution in [0.1, 0.15) is 42.1 Å². The van der Waals surface area contributed by atoms with Gasteiger partial charge in [-0.3, -0.25) is 32.8 Å². The van der Waals surface area contributed by atoms with Crippen molar-refractivity contribution < 1.29 is 42.8 Å². The van der Waals surface area contributed by atoms with Gasteiger partial charge in [-0.2, -0.15) is 0 Å². The average Bonchev–Trinajstić information content (AvgIpc) is 3.81. The van der Waals surface area contributed by atoms with Crippen LogP contribution in [0.4, 0.5) is 5.82 Å². The molecule has 19 nitrogen and oxygen atoms in total. The minimum Gasteiger partial charge on any atom is -0.394 e. The molecule has 0 spiro atoms. The highest BCUT2D eigenvalue weighted by Gasteiger charge is 2.52. The summed E-state index contributed by atoms with van der Waals surface area (Å²) in [4.78, 5) is 51.2. The molecular weight excluding hydrogens is 711 g/mol. The van der Waals surface area contributed by atoms with Crippen molar-refractivity contribution in [3.63, 3.8) is 0 Å². The maximum atomic E-state index is 14.6. The summed E-state index contributed by atoms with van der Waals surface area (Å²) in [7, 11) is 1.32. The fourth-order valence-corrected chi connectivity index (χ4v) is 9.42. The van der Waals surface area contributed by atoms with E-state index < -0.39 is 67.8 Å².